The minimum atomic E-state index is -0.555. The highest BCUT2D eigenvalue weighted by atomic mass is 79.9. The number of aromatic nitrogens is 1. The number of anilines is 1. The van der Waals surface area contributed by atoms with Crippen LogP contribution in [0.4, 0.5) is 5.82 Å². The molecule has 0 radical (unpaired) electrons. The van der Waals surface area contributed by atoms with E-state index < -0.39 is 5.38 Å². The van der Waals surface area contributed by atoms with Gasteiger partial charge in [0.1, 0.15) is 11.2 Å². The molecule has 0 spiro atoms. The monoisotopic (exact) mass is 276 g/mol. The van der Waals surface area contributed by atoms with Gasteiger partial charge in [-0.15, -0.1) is 11.6 Å². The normalized spacial score (nSPS) is 12.3. The summed E-state index contributed by atoms with van der Waals surface area (Å²) in [6.45, 7) is 3.54. The molecule has 0 aliphatic carbocycles. The van der Waals surface area contributed by atoms with Gasteiger partial charge < -0.3 is 5.32 Å². The van der Waals surface area contributed by atoms with Crippen LogP contribution in [0.25, 0.3) is 0 Å². The molecule has 0 aromatic carbocycles. The topological polar surface area (TPSA) is 42.0 Å². The van der Waals surface area contributed by atoms with Gasteiger partial charge in [0.15, 0.2) is 0 Å². The van der Waals surface area contributed by atoms with Crippen LogP contribution < -0.4 is 5.32 Å². The average molecular weight is 278 g/mol. The Bertz CT molecular complexity index is 355. The zero-order valence-electron chi connectivity index (χ0n) is 7.84. The Hall–Kier alpha value is -0.610. The second-order valence-electron chi connectivity index (χ2n) is 2.92. The second kappa shape index (κ2) is 4.75. The van der Waals surface area contributed by atoms with Crippen LogP contribution in [0.1, 0.15) is 12.5 Å². The summed E-state index contributed by atoms with van der Waals surface area (Å²) in [4.78, 5) is 15.2. The highest BCUT2D eigenvalue weighted by Crippen LogP contribution is 2.17. The van der Waals surface area contributed by atoms with Crippen molar-refractivity contribution in [3.8, 4) is 0 Å². The molecule has 0 fully saturated rings. The van der Waals surface area contributed by atoms with Crippen molar-refractivity contribution in [1.29, 1.82) is 0 Å². The number of rotatable bonds is 2. The fourth-order valence-electron chi connectivity index (χ4n) is 0.833. The first-order valence-corrected chi connectivity index (χ1v) is 5.30. The van der Waals surface area contributed by atoms with Crippen molar-refractivity contribution in [3.05, 3.63) is 22.3 Å². The minimum Gasteiger partial charge on any atom is -0.309 e. The number of halogens is 2. The van der Waals surface area contributed by atoms with Crippen molar-refractivity contribution in [1.82, 2.24) is 4.98 Å². The van der Waals surface area contributed by atoms with Gasteiger partial charge >= 0.3 is 0 Å². The van der Waals surface area contributed by atoms with E-state index in [1.165, 1.54) is 0 Å². The van der Waals surface area contributed by atoms with E-state index in [4.69, 9.17) is 11.6 Å². The predicted molar refractivity (Wildman–Crippen MR) is 60.6 cm³/mol. The first-order valence-electron chi connectivity index (χ1n) is 4.08. The van der Waals surface area contributed by atoms with Gasteiger partial charge in [0.25, 0.3) is 0 Å². The zero-order chi connectivity index (χ0) is 10.7. The van der Waals surface area contributed by atoms with Gasteiger partial charge in [-0.1, -0.05) is 0 Å². The summed E-state index contributed by atoms with van der Waals surface area (Å²) in [7, 11) is 0. The minimum absolute atomic E-state index is 0.249. The third-order valence-electron chi connectivity index (χ3n) is 1.66. The molecule has 1 amide bonds. The number of carbonyl (C=O) groups is 1. The van der Waals surface area contributed by atoms with Gasteiger partial charge in [0, 0.05) is 10.7 Å². The van der Waals surface area contributed by atoms with Crippen molar-refractivity contribution >= 4 is 39.3 Å². The summed E-state index contributed by atoms with van der Waals surface area (Å²) in [6, 6.07) is 1.78. The van der Waals surface area contributed by atoms with Crippen LogP contribution in [0, 0.1) is 6.92 Å². The van der Waals surface area contributed by atoms with Crippen molar-refractivity contribution in [2.24, 2.45) is 0 Å². The lowest BCUT2D eigenvalue weighted by molar-refractivity contribution is -0.115. The molecule has 1 heterocycles. The van der Waals surface area contributed by atoms with Gasteiger partial charge in [-0.05, 0) is 41.4 Å². The molecule has 1 rings (SSSR count). The molecule has 1 N–H and O–H groups in total. The summed E-state index contributed by atoms with van der Waals surface area (Å²) in [5, 5.41) is 2.05. The highest BCUT2D eigenvalue weighted by Gasteiger charge is 2.09. The molecule has 0 aliphatic heterocycles. The van der Waals surface area contributed by atoms with Gasteiger partial charge in [0.2, 0.25) is 5.91 Å². The largest absolute Gasteiger partial charge is 0.309 e. The molecular weight excluding hydrogens is 267 g/mol. The standard InChI is InChI=1S/C9H10BrClN2O/c1-5-3-8(12-4-7(5)10)13-9(14)6(2)11/h3-4,6H,1-2H3,(H,12,13,14). The molecule has 3 nitrogen and oxygen atoms in total. The van der Waals surface area contributed by atoms with Crippen molar-refractivity contribution < 1.29 is 4.79 Å². The van der Waals surface area contributed by atoms with Gasteiger partial charge in [0.05, 0.1) is 0 Å². The van der Waals surface area contributed by atoms with Crippen LogP contribution in [-0.4, -0.2) is 16.3 Å². The lowest BCUT2D eigenvalue weighted by Gasteiger charge is -2.06. The van der Waals surface area contributed by atoms with E-state index in [1.54, 1.807) is 19.2 Å². The summed E-state index contributed by atoms with van der Waals surface area (Å²) in [6.07, 6.45) is 1.64. The Morgan fingerprint density at radius 3 is 2.86 bits per heavy atom. The second-order valence-corrected chi connectivity index (χ2v) is 4.43. The fourth-order valence-corrected chi connectivity index (χ4v) is 1.10. The van der Waals surface area contributed by atoms with Crippen LogP contribution in [0.15, 0.2) is 16.7 Å². The quantitative estimate of drug-likeness (QED) is 0.845. The molecule has 76 valence electrons. The van der Waals surface area contributed by atoms with Crippen LogP contribution in [0.5, 0.6) is 0 Å². The lowest BCUT2D eigenvalue weighted by Crippen LogP contribution is -2.20. The molecule has 1 aromatic rings. The number of hydrogen-bond acceptors (Lipinski definition) is 2. The van der Waals surface area contributed by atoms with Crippen LogP contribution in [-0.2, 0) is 4.79 Å². The van der Waals surface area contributed by atoms with Crippen molar-refractivity contribution in [2.75, 3.05) is 5.32 Å². The number of aryl methyl sites for hydroxylation is 1. The van der Waals surface area contributed by atoms with Gasteiger partial charge in [-0.3, -0.25) is 4.79 Å². The number of alkyl halides is 1. The SMILES string of the molecule is Cc1cc(NC(=O)C(C)Cl)ncc1Br. The predicted octanol–water partition coefficient (Wildman–Crippen LogP) is 2.72. The Kier molecular flexibility index (Phi) is 3.89. The lowest BCUT2D eigenvalue weighted by atomic mass is 10.3. The van der Waals surface area contributed by atoms with Gasteiger partial charge in [-0.25, -0.2) is 4.98 Å². The Morgan fingerprint density at radius 1 is 1.71 bits per heavy atom. The van der Waals surface area contributed by atoms with E-state index >= 15 is 0 Å². The van der Waals surface area contributed by atoms with Crippen LogP contribution in [0.2, 0.25) is 0 Å². The van der Waals surface area contributed by atoms with E-state index in [0.717, 1.165) is 10.0 Å². The molecule has 5 heteroatoms. The number of amides is 1. The maximum absolute atomic E-state index is 11.2. The molecule has 1 unspecified atom stereocenters. The van der Waals surface area contributed by atoms with Crippen LogP contribution >= 0.6 is 27.5 Å². The average Bonchev–Trinajstić information content (AvgIpc) is 2.11. The number of pyridine rings is 1. The Labute approximate surface area is 96.0 Å². The fraction of sp³-hybridized carbons (Fsp3) is 0.333. The summed E-state index contributed by atoms with van der Waals surface area (Å²) in [5.74, 6) is 0.268. The molecule has 14 heavy (non-hydrogen) atoms. The maximum Gasteiger partial charge on any atom is 0.243 e. The number of carbonyl (C=O) groups excluding carboxylic acids is 1. The molecule has 0 bridgehead atoms. The molecule has 1 atom stereocenters. The number of hydrogen-bond donors (Lipinski definition) is 1. The van der Waals surface area contributed by atoms with E-state index in [9.17, 15) is 4.79 Å². The first kappa shape index (κ1) is 11.5. The van der Waals surface area contributed by atoms with E-state index in [-0.39, 0.29) is 5.91 Å². The van der Waals surface area contributed by atoms with Crippen LogP contribution in [0.3, 0.4) is 0 Å². The molecule has 1 aromatic heterocycles. The summed E-state index contributed by atoms with van der Waals surface area (Å²) >= 11 is 8.92. The number of nitrogens with zero attached hydrogens (tertiary/aromatic N) is 1. The van der Waals surface area contributed by atoms with E-state index in [2.05, 4.69) is 26.2 Å². The summed E-state index contributed by atoms with van der Waals surface area (Å²) < 4.78 is 0.912. The third-order valence-corrected chi connectivity index (χ3v) is 2.69. The summed E-state index contributed by atoms with van der Waals surface area (Å²) in [5.41, 5.74) is 1.01. The maximum atomic E-state index is 11.2. The molecule has 0 saturated heterocycles. The number of nitrogens with one attached hydrogen (secondary N) is 1. The van der Waals surface area contributed by atoms with E-state index in [0.29, 0.717) is 5.82 Å². The Balaban J connectivity index is 2.78. The van der Waals surface area contributed by atoms with Crippen molar-refractivity contribution in [3.63, 3.8) is 0 Å². The van der Waals surface area contributed by atoms with Crippen molar-refractivity contribution in [2.45, 2.75) is 19.2 Å². The third kappa shape index (κ3) is 2.96. The first-order chi connectivity index (χ1) is 6.50. The highest BCUT2D eigenvalue weighted by molar-refractivity contribution is 9.10. The molecule has 0 aliphatic rings. The molecular formula is C9H10BrClN2O. The molecule has 0 saturated carbocycles. The zero-order valence-corrected chi connectivity index (χ0v) is 10.2. The Morgan fingerprint density at radius 2 is 2.36 bits per heavy atom. The smallest absolute Gasteiger partial charge is 0.243 e. The van der Waals surface area contributed by atoms with E-state index in [1.807, 2.05) is 6.92 Å². The van der Waals surface area contributed by atoms with Gasteiger partial charge in [-0.2, -0.15) is 0 Å².